The van der Waals surface area contributed by atoms with Crippen LogP contribution in [0.5, 0.6) is 0 Å². The molecule has 0 aliphatic rings. The van der Waals surface area contributed by atoms with Crippen LogP contribution >= 0.6 is 15.9 Å². The molecule has 0 radical (unpaired) electrons. The van der Waals surface area contributed by atoms with E-state index in [-0.39, 0.29) is 12.0 Å². The molecule has 0 saturated carbocycles. The van der Waals surface area contributed by atoms with Crippen molar-refractivity contribution in [1.29, 1.82) is 0 Å². The Kier molecular flexibility index (Phi) is 4.57. The highest BCUT2D eigenvalue weighted by Crippen LogP contribution is 2.24. The molecule has 1 aromatic carbocycles. The molecule has 0 fully saturated rings. The van der Waals surface area contributed by atoms with Crippen LogP contribution in [0, 0.1) is 11.6 Å². The monoisotopic (exact) mass is 327 g/mol. The Balaban J connectivity index is 2.29. The molecule has 2 aromatic rings. The summed E-state index contributed by atoms with van der Waals surface area (Å²) in [7, 11) is 0. The van der Waals surface area contributed by atoms with Gasteiger partial charge in [-0.05, 0) is 58.2 Å². The van der Waals surface area contributed by atoms with Crippen LogP contribution in [0.3, 0.4) is 0 Å². The average Bonchev–Trinajstić information content (AvgIpc) is 2.41. The number of nitrogens with one attached hydrogen (secondary N) is 1. The number of pyridine rings is 1. The third kappa shape index (κ3) is 3.34. The number of hydrazine groups is 1. The van der Waals surface area contributed by atoms with Crippen molar-refractivity contribution in [1.82, 2.24) is 10.4 Å². The summed E-state index contributed by atoms with van der Waals surface area (Å²) in [6.45, 7) is 0. The van der Waals surface area contributed by atoms with Gasteiger partial charge in [0.05, 0.1) is 11.7 Å². The molecular formula is C13H12BrF2N3. The molecule has 0 spiro atoms. The minimum absolute atomic E-state index is 0.204. The summed E-state index contributed by atoms with van der Waals surface area (Å²) in [5.74, 6) is 4.54. The molecule has 1 unspecified atom stereocenters. The van der Waals surface area contributed by atoms with E-state index >= 15 is 0 Å². The van der Waals surface area contributed by atoms with Gasteiger partial charge in [-0.2, -0.15) is 0 Å². The van der Waals surface area contributed by atoms with Crippen LogP contribution < -0.4 is 11.3 Å². The number of nitrogens with zero attached hydrogens (tertiary/aromatic N) is 1. The van der Waals surface area contributed by atoms with Gasteiger partial charge >= 0.3 is 0 Å². The van der Waals surface area contributed by atoms with Crippen LogP contribution in [0.25, 0.3) is 0 Å². The predicted molar refractivity (Wildman–Crippen MR) is 72.1 cm³/mol. The summed E-state index contributed by atoms with van der Waals surface area (Å²) in [4.78, 5) is 4.19. The molecule has 1 aromatic heterocycles. The molecule has 6 heteroatoms. The van der Waals surface area contributed by atoms with E-state index in [1.807, 2.05) is 6.07 Å². The van der Waals surface area contributed by atoms with Gasteiger partial charge in [0.15, 0.2) is 0 Å². The molecule has 0 amide bonds. The summed E-state index contributed by atoms with van der Waals surface area (Å²) >= 11 is 3.36. The summed E-state index contributed by atoms with van der Waals surface area (Å²) in [5, 5.41) is 0. The first kappa shape index (κ1) is 14.0. The summed E-state index contributed by atoms with van der Waals surface area (Å²) in [6, 6.07) is 6.52. The third-order valence-corrected chi connectivity index (χ3v) is 3.42. The minimum atomic E-state index is -0.479. The van der Waals surface area contributed by atoms with Crippen molar-refractivity contribution in [2.45, 2.75) is 12.5 Å². The number of aromatic nitrogens is 1. The Morgan fingerprint density at radius 3 is 2.79 bits per heavy atom. The Morgan fingerprint density at radius 2 is 2.11 bits per heavy atom. The van der Waals surface area contributed by atoms with E-state index < -0.39 is 17.7 Å². The average molecular weight is 328 g/mol. The van der Waals surface area contributed by atoms with Crippen LogP contribution in [0.15, 0.2) is 41.0 Å². The number of rotatable bonds is 4. The van der Waals surface area contributed by atoms with Crippen LogP contribution in [0.1, 0.15) is 17.3 Å². The van der Waals surface area contributed by atoms with E-state index in [2.05, 4.69) is 26.3 Å². The van der Waals surface area contributed by atoms with E-state index in [9.17, 15) is 8.78 Å². The van der Waals surface area contributed by atoms with Crippen molar-refractivity contribution in [2.24, 2.45) is 5.84 Å². The maximum Gasteiger partial charge on any atom is 0.126 e. The van der Waals surface area contributed by atoms with Crippen LogP contribution in [-0.2, 0) is 6.42 Å². The first-order chi connectivity index (χ1) is 9.11. The zero-order chi connectivity index (χ0) is 13.8. The number of hydrogen-bond acceptors (Lipinski definition) is 3. The van der Waals surface area contributed by atoms with Gasteiger partial charge in [-0.1, -0.05) is 0 Å². The number of nitrogens with two attached hydrogens (primary N) is 1. The maximum atomic E-state index is 13.6. The SMILES string of the molecule is NNC(Cc1cc(F)ccc1F)c1ncccc1Br. The predicted octanol–water partition coefficient (Wildman–Crippen LogP) is 2.87. The van der Waals surface area contributed by atoms with Crippen LogP contribution in [0.4, 0.5) is 8.78 Å². The topological polar surface area (TPSA) is 50.9 Å². The Morgan fingerprint density at radius 1 is 1.32 bits per heavy atom. The fourth-order valence-corrected chi connectivity index (χ4v) is 2.34. The first-order valence-corrected chi connectivity index (χ1v) is 6.41. The highest BCUT2D eigenvalue weighted by molar-refractivity contribution is 9.10. The number of benzene rings is 1. The lowest BCUT2D eigenvalue weighted by Gasteiger charge is -2.17. The molecule has 19 heavy (non-hydrogen) atoms. The highest BCUT2D eigenvalue weighted by atomic mass is 79.9. The van der Waals surface area contributed by atoms with Crippen molar-refractivity contribution >= 4 is 15.9 Å². The Bertz CT molecular complexity index is 578. The zero-order valence-electron chi connectivity index (χ0n) is 9.91. The van der Waals surface area contributed by atoms with Gasteiger partial charge in [-0.25, -0.2) is 8.78 Å². The molecule has 0 saturated heterocycles. The van der Waals surface area contributed by atoms with Gasteiger partial charge < -0.3 is 0 Å². The van der Waals surface area contributed by atoms with Crippen molar-refractivity contribution in [3.8, 4) is 0 Å². The molecule has 0 aliphatic heterocycles. The van der Waals surface area contributed by atoms with E-state index in [0.717, 1.165) is 22.7 Å². The lowest BCUT2D eigenvalue weighted by atomic mass is 10.0. The fraction of sp³-hybridized carbons (Fsp3) is 0.154. The van der Waals surface area contributed by atoms with Crippen molar-refractivity contribution in [2.75, 3.05) is 0 Å². The molecule has 2 rings (SSSR count). The molecular weight excluding hydrogens is 316 g/mol. The van der Waals surface area contributed by atoms with Gasteiger partial charge in [-0.15, -0.1) is 0 Å². The normalized spacial score (nSPS) is 12.4. The van der Waals surface area contributed by atoms with E-state index in [0.29, 0.717) is 5.69 Å². The molecule has 1 atom stereocenters. The molecule has 3 nitrogen and oxygen atoms in total. The summed E-state index contributed by atoms with van der Waals surface area (Å²) < 4.78 is 27.5. The molecule has 1 heterocycles. The Labute approximate surface area is 117 Å². The zero-order valence-corrected chi connectivity index (χ0v) is 11.5. The standard InChI is InChI=1S/C13H12BrF2N3/c14-10-2-1-5-18-13(10)12(19-17)7-8-6-9(15)3-4-11(8)16/h1-6,12,19H,7,17H2. The second-order valence-electron chi connectivity index (χ2n) is 4.03. The number of hydrogen-bond donors (Lipinski definition) is 2. The third-order valence-electron chi connectivity index (χ3n) is 2.75. The molecule has 100 valence electrons. The number of halogens is 3. The Hall–Kier alpha value is -1.37. The maximum absolute atomic E-state index is 13.6. The first-order valence-electron chi connectivity index (χ1n) is 5.62. The smallest absolute Gasteiger partial charge is 0.126 e. The van der Waals surface area contributed by atoms with Gasteiger partial charge in [0.25, 0.3) is 0 Å². The van der Waals surface area contributed by atoms with Gasteiger partial charge in [-0.3, -0.25) is 16.3 Å². The molecule has 3 N–H and O–H groups in total. The van der Waals surface area contributed by atoms with E-state index in [1.165, 1.54) is 0 Å². The molecule has 0 bridgehead atoms. The van der Waals surface area contributed by atoms with Crippen molar-refractivity contribution in [3.05, 3.63) is 63.9 Å². The van der Waals surface area contributed by atoms with E-state index in [4.69, 9.17) is 5.84 Å². The summed E-state index contributed by atoms with van der Waals surface area (Å²) in [6.07, 6.45) is 1.82. The van der Waals surface area contributed by atoms with Crippen LogP contribution in [0.2, 0.25) is 0 Å². The van der Waals surface area contributed by atoms with Gasteiger partial charge in [0, 0.05) is 10.7 Å². The lowest BCUT2D eigenvalue weighted by molar-refractivity contribution is 0.512. The fourth-order valence-electron chi connectivity index (χ4n) is 1.81. The summed E-state index contributed by atoms with van der Waals surface area (Å²) in [5.41, 5.74) is 3.47. The van der Waals surface area contributed by atoms with E-state index in [1.54, 1.807) is 12.3 Å². The highest BCUT2D eigenvalue weighted by Gasteiger charge is 2.17. The molecule has 0 aliphatic carbocycles. The lowest BCUT2D eigenvalue weighted by Crippen LogP contribution is -2.30. The second kappa shape index (κ2) is 6.18. The van der Waals surface area contributed by atoms with Gasteiger partial charge in [0.2, 0.25) is 0 Å². The largest absolute Gasteiger partial charge is 0.271 e. The quantitative estimate of drug-likeness (QED) is 0.670. The van der Waals surface area contributed by atoms with Crippen molar-refractivity contribution < 1.29 is 8.78 Å². The van der Waals surface area contributed by atoms with Gasteiger partial charge in [0.1, 0.15) is 11.6 Å². The van der Waals surface area contributed by atoms with Crippen molar-refractivity contribution in [3.63, 3.8) is 0 Å². The minimum Gasteiger partial charge on any atom is -0.271 e. The van der Waals surface area contributed by atoms with Crippen LogP contribution in [-0.4, -0.2) is 4.98 Å². The second-order valence-corrected chi connectivity index (χ2v) is 4.88.